The molecule has 3 rings (SSSR count). The first kappa shape index (κ1) is 12.1. The van der Waals surface area contributed by atoms with E-state index in [2.05, 4.69) is 16.1 Å². The van der Waals surface area contributed by atoms with Crippen LogP contribution in [0.3, 0.4) is 0 Å². The molecule has 0 saturated heterocycles. The van der Waals surface area contributed by atoms with Gasteiger partial charge in [0.1, 0.15) is 6.04 Å². The first-order valence-corrected chi connectivity index (χ1v) is 6.58. The third kappa shape index (κ3) is 2.29. The maximum absolute atomic E-state index is 11.5. The lowest BCUT2D eigenvalue weighted by atomic mass is 10.1. The number of anilines is 2. The molecule has 1 aromatic rings. The lowest BCUT2D eigenvalue weighted by Crippen LogP contribution is -2.26. The Morgan fingerprint density at radius 1 is 1.47 bits per heavy atom. The van der Waals surface area contributed by atoms with E-state index in [0.717, 1.165) is 29.4 Å². The van der Waals surface area contributed by atoms with Gasteiger partial charge >= 0.3 is 0 Å². The fourth-order valence-electron chi connectivity index (χ4n) is 2.46. The standard InChI is InChI=1S/C15H17N3O/c1-2-7-18(9-10-3-4-10)11-5-6-12-13(8-11)17-15(19)14(12)16/h1,5-6,8,10,14H,3-4,7,9,16H2,(H,17,19). The molecule has 1 fully saturated rings. The number of amides is 1. The fraction of sp³-hybridized carbons (Fsp3) is 0.400. The minimum Gasteiger partial charge on any atom is -0.360 e. The minimum atomic E-state index is -0.548. The Morgan fingerprint density at radius 2 is 2.26 bits per heavy atom. The third-order valence-corrected chi connectivity index (χ3v) is 3.74. The highest BCUT2D eigenvalue weighted by atomic mass is 16.2. The van der Waals surface area contributed by atoms with E-state index in [1.54, 1.807) is 0 Å². The van der Waals surface area contributed by atoms with Crippen LogP contribution in [0, 0.1) is 18.3 Å². The quantitative estimate of drug-likeness (QED) is 0.801. The van der Waals surface area contributed by atoms with E-state index in [4.69, 9.17) is 12.2 Å². The first-order valence-electron chi connectivity index (χ1n) is 6.58. The summed E-state index contributed by atoms with van der Waals surface area (Å²) >= 11 is 0. The van der Waals surface area contributed by atoms with Gasteiger partial charge < -0.3 is 16.0 Å². The van der Waals surface area contributed by atoms with Crippen molar-refractivity contribution in [2.45, 2.75) is 18.9 Å². The van der Waals surface area contributed by atoms with Crippen molar-refractivity contribution in [1.29, 1.82) is 0 Å². The molecular weight excluding hydrogens is 238 g/mol. The van der Waals surface area contributed by atoms with Gasteiger partial charge in [0, 0.05) is 23.5 Å². The molecule has 2 aliphatic rings. The van der Waals surface area contributed by atoms with Crippen molar-refractivity contribution < 1.29 is 4.79 Å². The number of fused-ring (bicyclic) bond motifs is 1. The third-order valence-electron chi connectivity index (χ3n) is 3.74. The molecular formula is C15H17N3O. The van der Waals surface area contributed by atoms with E-state index in [-0.39, 0.29) is 5.91 Å². The summed E-state index contributed by atoms with van der Waals surface area (Å²) in [6.07, 6.45) is 8.01. The monoisotopic (exact) mass is 255 g/mol. The normalized spacial score (nSPS) is 20.6. The summed E-state index contributed by atoms with van der Waals surface area (Å²) in [4.78, 5) is 13.7. The average Bonchev–Trinajstić information content (AvgIpc) is 3.16. The van der Waals surface area contributed by atoms with Gasteiger partial charge in [-0.2, -0.15) is 0 Å². The molecule has 1 atom stereocenters. The molecule has 98 valence electrons. The van der Waals surface area contributed by atoms with Gasteiger partial charge in [-0.15, -0.1) is 6.42 Å². The lowest BCUT2D eigenvalue weighted by Gasteiger charge is -2.23. The molecule has 0 aromatic heterocycles. The number of rotatable bonds is 4. The summed E-state index contributed by atoms with van der Waals surface area (Å²) < 4.78 is 0. The Labute approximate surface area is 113 Å². The summed E-state index contributed by atoms with van der Waals surface area (Å²) in [5.41, 5.74) is 8.54. The van der Waals surface area contributed by atoms with Gasteiger partial charge in [-0.3, -0.25) is 4.79 Å². The highest BCUT2D eigenvalue weighted by Crippen LogP contribution is 2.35. The van der Waals surface area contributed by atoms with Crippen molar-refractivity contribution >= 4 is 17.3 Å². The van der Waals surface area contributed by atoms with E-state index < -0.39 is 6.04 Å². The van der Waals surface area contributed by atoms with Crippen LogP contribution < -0.4 is 16.0 Å². The first-order chi connectivity index (χ1) is 9.19. The van der Waals surface area contributed by atoms with E-state index in [1.807, 2.05) is 18.2 Å². The van der Waals surface area contributed by atoms with E-state index >= 15 is 0 Å². The molecule has 0 bridgehead atoms. The zero-order chi connectivity index (χ0) is 13.4. The fourth-order valence-corrected chi connectivity index (χ4v) is 2.46. The molecule has 4 nitrogen and oxygen atoms in total. The largest absolute Gasteiger partial charge is 0.360 e. The summed E-state index contributed by atoms with van der Waals surface area (Å²) in [5.74, 6) is 3.32. The average molecular weight is 255 g/mol. The molecule has 1 saturated carbocycles. The Hall–Kier alpha value is -1.99. The predicted molar refractivity (Wildman–Crippen MR) is 75.8 cm³/mol. The zero-order valence-electron chi connectivity index (χ0n) is 10.7. The van der Waals surface area contributed by atoms with Gasteiger partial charge in [-0.25, -0.2) is 0 Å². The number of carbonyl (C=O) groups is 1. The summed E-state index contributed by atoms with van der Waals surface area (Å²) in [6.45, 7) is 1.58. The van der Waals surface area contributed by atoms with Crippen molar-refractivity contribution in [3.63, 3.8) is 0 Å². The molecule has 0 spiro atoms. The van der Waals surface area contributed by atoms with Crippen molar-refractivity contribution in [3.8, 4) is 12.3 Å². The van der Waals surface area contributed by atoms with Crippen LogP contribution in [0.5, 0.6) is 0 Å². The second-order valence-corrected chi connectivity index (χ2v) is 5.27. The number of carbonyl (C=O) groups excluding carboxylic acids is 1. The summed E-state index contributed by atoms with van der Waals surface area (Å²) in [5, 5.41) is 2.81. The number of terminal acetylenes is 1. The van der Waals surface area contributed by atoms with Gasteiger partial charge in [-0.05, 0) is 30.9 Å². The van der Waals surface area contributed by atoms with Crippen molar-refractivity contribution in [1.82, 2.24) is 0 Å². The van der Waals surface area contributed by atoms with E-state index in [1.165, 1.54) is 12.8 Å². The van der Waals surface area contributed by atoms with Crippen LogP contribution in [0.2, 0.25) is 0 Å². The van der Waals surface area contributed by atoms with E-state index in [9.17, 15) is 4.79 Å². The number of nitrogens with one attached hydrogen (secondary N) is 1. The minimum absolute atomic E-state index is 0.141. The van der Waals surface area contributed by atoms with Crippen LogP contribution in [-0.4, -0.2) is 19.0 Å². The molecule has 1 aromatic carbocycles. The zero-order valence-corrected chi connectivity index (χ0v) is 10.7. The molecule has 1 amide bonds. The maximum atomic E-state index is 11.5. The van der Waals surface area contributed by atoms with Crippen LogP contribution in [0.1, 0.15) is 24.4 Å². The smallest absolute Gasteiger partial charge is 0.245 e. The topological polar surface area (TPSA) is 58.4 Å². The van der Waals surface area contributed by atoms with Gasteiger partial charge in [0.05, 0.1) is 6.54 Å². The molecule has 0 radical (unpaired) electrons. The summed E-state index contributed by atoms with van der Waals surface area (Å²) in [6, 6.07) is 5.34. The number of nitrogens with two attached hydrogens (primary N) is 1. The van der Waals surface area contributed by atoms with Crippen LogP contribution in [-0.2, 0) is 4.79 Å². The van der Waals surface area contributed by atoms with Crippen LogP contribution in [0.15, 0.2) is 18.2 Å². The van der Waals surface area contributed by atoms with Crippen molar-refractivity contribution in [2.75, 3.05) is 23.3 Å². The number of nitrogens with zero attached hydrogens (tertiary/aromatic N) is 1. The predicted octanol–water partition coefficient (Wildman–Crippen LogP) is 1.49. The second kappa shape index (κ2) is 4.60. The van der Waals surface area contributed by atoms with Gasteiger partial charge in [0.2, 0.25) is 5.91 Å². The molecule has 3 N–H and O–H groups in total. The number of hydrogen-bond donors (Lipinski definition) is 2. The number of hydrogen-bond acceptors (Lipinski definition) is 3. The van der Waals surface area contributed by atoms with Crippen LogP contribution >= 0.6 is 0 Å². The highest BCUT2D eigenvalue weighted by Gasteiger charge is 2.28. The molecule has 1 heterocycles. The SMILES string of the molecule is C#CCN(CC1CC1)c1ccc2c(c1)NC(=O)C2N. The Balaban J connectivity index is 1.86. The molecule has 19 heavy (non-hydrogen) atoms. The molecule has 1 aliphatic carbocycles. The Morgan fingerprint density at radius 3 is 2.95 bits per heavy atom. The molecule has 4 heteroatoms. The van der Waals surface area contributed by atoms with E-state index in [0.29, 0.717) is 6.54 Å². The highest BCUT2D eigenvalue weighted by molar-refractivity contribution is 6.02. The molecule has 1 unspecified atom stereocenters. The lowest BCUT2D eigenvalue weighted by molar-refractivity contribution is -0.116. The van der Waals surface area contributed by atoms with Crippen molar-refractivity contribution in [3.05, 3.63) is 23.8 Å². The van der Waals surface area contributed by atoms with Crippen LogP contribution in [0.25, 0.3) is 0 Å². The Bertz CT molecular complexity index is 557. The molecule has 1 aliphatic heterocycles. The van der Waals surface area contributed by atoms with Gasteiger partial charge in [0.15, 0.2) is 0 Å². The van der Waals surface area contributed by atoms with Crippen LogP contribution in [0.4, 0.5) is 11.4 Å². The van der Waals surface area contributed by atoms with Gasteiger partial charge in [0.25, 0.3) is 0 Å². The summed E-state index contributed by atoms with van der Waals surface area (Å²) in [7, 11) is 0. The maximum Gasteiger partial charge on any atom is 0.245 e. The second-order valence-electron chi connectivity index (χ2n) is 5.27. The van der Waals surface area contributed by atoms with Gasteiger partial charge in [-0.1, -0.05) is 12.0 Å². The van der Waals surface area contributed by atoms with Crippen molar-refractivity contribution in [2.24, 2.45) is 11.7 Å². The Kier molecular flexibility index (Phi) is 2.92. The number of benzene rings is 1.